The maximum atomic E-state index is 5.19. The van der Waals surface area contributed by atoms with Crippen molar-refractivity contribution in [1.29, 1.82) is 0 Å². The molecule has 0 amide bonds. The van der Waals surface area contributed by atoms with E-state index in [0.717, 1.165) is 72.3 Å². The molecule has 0 saturated carbocycles. The van der Waals surface area contributed by atoms with Crippen molar-refractivity contribution in [2.24, 2.45) is 0 Å². The number of hydrogen-bond acceptors (Lipinski definition) is 3. The molecule has 0 aliphatic rings. The molecule has 0 spiro atoms. The fourth-order valence-electron chi connectivity index (χ4n) is 5.79. The molecule has 8 aromatic rings. The summed E-state index contributed by atoms with van der Waals surface area (Å²) in [5, 5.41) is 2.18. The summed E-state index contributed by atoms with van der Waals surface area (Å²) in [6.07, 6.45) is 1.86. The molecule has 0 N–H and O–H groups in total. The molecule has 0 saturated heterocycles. The van der Waals surface area contributed by atoms with Gasteiger partial charge in [-0.05, 0) is 47.5 Å². The molecule has 0 bridgehead atoms. The number of para-hydroxylation sites is 2. The molecule has 0 fully saturated rings. The molecule has 4 nitrogen and oxygen atoms in total. The summed E-state index contributed by atoms with van der Waals surface area (Å²) >= 11 is 0. The Morgan fingerprint density at radius 1 is 0.463 bits per heavy atom. The zero-order valence-corrected chi connectivity index (χ0v) is 22.1. The maximum absolute atomic E-state index is 5.19. The standard InChI is InChI=1S/C37H24N4/c1-2-11-25(12-3-1)28-13-4-5-14-29(28)37-39-32-17-8-6-15-30(32)35(40-37)26-20-22-27(23-21-26)41-33-18-9-7-16-31(33)36-34(41)19-10-24-38-36/h1-24H. The maximum Gasteiger partial charge on any atom is 0.161 e. The molecule has 3 heterocycles. The number of rotatable bonds is 4. The first-order valence-corrected chi connectivity index (χ1v) is 13.7. The lowest BCUT2D eigenvalue weighted by Crippen LogP contribution is -1.97. The largest absolute Gasteiger partial charge is 0.308 e. The van der Waals surface area contributed by atoms with Crippen LogP contribution in [-0.4, -0.2) is 19.5 Å². The Hall–Kier alpha value is -5.61. The van der Waals surface area contributed by atoms with E-state index < -0.39 is 0 Å². The number of pyridine rings is 1. The van der Waals surface area contributed by atoms with E-state index in [1.165, 1.54) is 0 Å². The Balaban J connectivity index is 1.29. The molecular weight excluding hydrogens is 500 g/mol. The molecule has 192 valence electrons. The lowest BCUT2D eigenvalue weighted by Gasteiger charge is -2.13. The van der Waals surface area contributed by atoms with Gasteiger partial charge in [0.25, 0.3) is 0 Å². The lowest BCUT2D eigenvalue weighted by atomic mass is 9.98. The predicted molar refractivity (Wildman–Crippen MR) is 168 cm³/mol. The van der Waals surface area contributed by atoms with E-state index >= 15 is 0 Å². The van der Waals surface area contributed by atoms with Gasteiger partial charge in [0, 0.05) is 33.8 Å². The highest BCUT2D eigenvalue weighted by molar-refractivity contribution is 6.07. The predicted octanol–water partition coefficient (Wildman–Crippen LogP) is 9.12. The Morgan fingerprint density at radius 2 is 1.15 bits per heavy atom. The lowest BCUT2D eigenvalue weighted by molar-refractivity contribution is 1.17. The van der Waals surface area contributed by atoms with Gasteiger partial charge in [-0.25, -0.2) is 9.97 Å². The monoisotopic (exact) mass is 524 g/mol. The summed E-state index contributed by atoms with van der Waals surface area (Å²) in [5.41, 5.74) is 10.5. The molecule has 0 aliphatic heterocycles. The smallest absolute Gasteiger partial charge is 0.161 e. The number of hydrogen-bond donors (Lipinski definition) is 0. The summed E-state index contributed by atoms with van der Waals surface area (Å²) < 4.78 is 2.28. The van der Waals surface area contributed by atoms with Crippen molar-refractivity contribution in [2.75, 3.05) is 0 Å². The second kappa shape index (κ2) is 9.54. The van der Waals surface area contributed by atoms with Crippen LogP contribution in [0.4, 0.5) is 0 Å². The highest BCUT2D eigenvalue weighted by Gasteiger charge is 2.16. The van der Waals surface area contributed by atoms with Crippen molar-refractivity contribution in [1.82, 2.24) is 19.5 Å². The second-order valence-electron chi connectivity index (χ2n) is 10.1. The van der Waals surface area contributed by atoms with E-state index in [0.29, 0.717) is 0 Å². The van der Waals surface area contributed by atoms with Crippen molar-refractivity contribution < 1.29 is 0 Å². The van der Waals surface area contributed by atoms with Crippen LogP contribution in [-0.2, 0) is 0 Å². The molecule has 0 aliphatic carbocycles. The molecule has 0 radical (unpaired) electrons. The molecule has 41 heavy (non-hydrogen) atoms. The van der Waals surface area contributed by atoms with Gasteiger partial charge < -0.3 is 4.57 Å². The third-order valence-electron chi connectivity index (χ3n) is 7.68. The molecule has 3 aromatic heterocycles. The van der Waals surface area contributed by atoms with Gasteiger partial charge in [-0.15, -0.1) is 0 Å². The van der Waals surface area contributed by atoms with Gasteiger partial charge in [-0.2, -0.15) is 0 Å². The van der Waals surface area contributed by atoms with Crippen molar-refractivity contribution >= 4 is 32.8 Å². The number of nitrogens with zero attached hydrogens (tertiary/aromatic N) is 4. The SMILES string of the molecule is c1ccc(-c2ccccc2-c2nc(-c3ccc(-n4c5ccccc5c5ncccc54)cc3)c3ccccc3n2)cc1. The molecule has 0 unspecified atom stereocenters. The number of aromatic nitrogens is 4. The Kier molecular flexibility index (Phi) is 5.42. The molecule has 4 heteroatoms. The van der Waals surface area contributed by atoms with Crippen LogP contribution in [0.15, 0.2) is 146 Å². The zero-order valence-electron chi connectivity index (χ0n) is 22.1. The molecular formula is C37H24N4. The average Bonchev–Trinajstić information content (AvgIpc) is 3.39. The van der Waals surface area contributed by atoms with E-state index in [9.17, 15) is 0 Å². The third-order valence-corrected chi connectivity index (χ3v) is 7.68. The van der Waals surface area contributed by atoms with Gasteiger partial charge in [-0.3, -0.25) is 4.98 Å². The highest BCUT2D eigenvalue weighted by atomic mass is 15.0. The summed E-state index contributed by atoms with van der Waals surface area (Å²) in [5.74, 6) is 0.718. The van der Waals surface area contributed by atoms with Crippen molar-refractivity contribution in [3.8, 4) is 39.5 Å². The number of benzene rings is 5. The quantitative estimate of drug-likeness (QED) is 0.231. The van der Waals surface area contributed by atoms with Gasteiger partial charge in [0.15, 0.2) is 5.82 Å². The Morgan fingerprint density at radius 3 is 2.00 bits per heavy atom. The van der Waals surface area contributed by atoms with E-state index in [1.54, 1.807) is 0 Å². The van der Waals surface area contributed by atoms with E-state index in [2.05, 4.69) is 125 Å². The minimum absolute atomic E-state index is 0.718. The summed E-state index contributed by atoms with van der Waals surface area (Å²) in [6, 6.07) is 48.2. The Bertz CT molecular complexity index is 2140. The van der Waals surface area contributed by atoms with E-state index in [4.69, 9.17) is 9.97 Å². The van der Waals surface area contributed by atoms with Gasteiger partial charge >= 0.3 is 0 Å². The first-order valence-electron chi connectivity index (χ1n) is 13.7. The van der Waals surface area contributed by atoms with Crippen LogP contribution in [0.25, 0.3) is 72.3 Å². The zero-order chi connectivity index (χ0) is 27.2. The summed E-state index contributed by atoms with van der Waals surface area (Å²) in [6.45, 7) is 0. The normalized spacial score (nSPS) is 11.4. The fourth-order valence-corrected chi connectivity index (χ4v) is 5.79. The molecule has 5 aromatic carbocycles. The van der Waals surface area contributed by atoms with Crippen LogP contribution in [0.5, 0.6) is 0 Å². The molecule has 8 rings (SSSR count). The van der Waals surface area contributed by atoms with Crippen molar-refractivity contribution in [2.45, 2.75) is 0 Å². The highest BCUT2D eigenvalue weighted by Crippen LogP contribution is 2.35. The van der Waals surface area contributed by atoms with Crippen molar-refractivity contribution in [3.63, 3.8) is 0 Å². The first kappa shape index (κ1) is 23.3. The topological polar surface area (TPSA) is 43.6 Å². The van der Waals surface area contributed by atoms with Gasteiger partial charge in [0.1, 0.15) is 0 Å². The fraction of sp³-hybridized carbons (Fsp3) is 0. The number of fused-ring (bicyclic) bond motifs is 4. The van der Waals surface area contributed by atoms with Crippen LogP contribution < -0.4 is 0 Å². The van der Waals surface area contributed by atoms with Gasteiger partial charge in [0.05, 0.1) is 27.8 Å². The van der Waals surface area contributed by atoms with Crippen LogP contribution >= 0.6 is 0 Å². The molecule has 0 atom stereocenters. The van der Waals surface area contributed by atoms with Crippen LogP contribution in [0, 0.1) is 0 Å². The van der Waals surface area contributed by atoms with Crippen LogP contribution in [0.2, 0.25) is 0 Å². The van der Waals surface area contributed by atoms with Gasteiger partial charge in [-0.1, -0.05) is 103 Å². The first-order chi connectivity index (χ1) is 20.3. The van der Waals surface area contributed by atoms with E-state index in [1.807, 2.05) is 30.5 Å². The Labute approximate surface area is 237 Å². The van der Waals surface area contributed by atoms with Crippen LogP contribution in [0.3, 0.4) is 0 Å². The van der Waals surface area contributed by atoms with Crippen molar-refractivity contribution in [3.05, 3.63) is 146 Å². The summed E-state index contributed by atoms with van der Waals surface area (Å²) in [4.78, 5) is 14.9. The minimum Gasteiger partial charge on any atom is -0.308 e. The average molecular weight is 525 g/mol. The van der Waals surface area contributed by atoms with Crippen LogP contribution in [0.1, 0.15) is 0 Å². The third kappa shape index (κ3) is 3.88. The van der Waals surface area contributed by atoms with E-state index in [-0.39, 0.29) is 0 Å². The van der Waals surface area contributed by atoms with Gasteiger partial charge in [0.2, 0.25) is 0 Å². The minimum atomic E-state index is 0.718. The summed E-state index contributed by atoms with van der Waals surface area (Å²) in [7, 11) is 0. The second-order valence-corrected chi connectivity index (χ2v) is 10.1.